The number of nitrogens with two attached hydrogens (primary N) is 1. The zero-order valence-electron chi connectivity index (χ0n) is 6.78. The van der Waals surface area contributed by atoms with Crippen molar-refractivity contribution in [3.05, 3.63) is 35.4 Å². The summed E-state index contributed by atoms with van der Waals surface area (Å²) in [7, 11) is 0. The summed E-state index contributed by atoms with van der Waals surface area (Å²) in [5, 5.41) is 8.25. The van der Waals surface area contributed by atoms with Gasteiger partial charge in [-0.2, -0.15) is 10.3 Å². The summed E-state index contributed by atoms with van der Waals surface area (Å²) in [6, 6.07) is 7.55. The summed E-state index contributed by atoms with van der Waals surface area (Å²) in [5.41, 5.74) is 7.39. The van der Waals surface area contributed by atoms with Crippen molar-refractivity contribution in [3.63, 3.8) is 0 Å². The van der Waals surface area contributed by atoms with Crippen molar-refractivity contribution in [1.82, 2.24) is 0 Å². The highest BCUT2D eigenvalue weighted by atomic mass is 14.8. The Balaban J connectivity index is 3.05. The van der Waals surface area contributed by atoms with E-state index in [1.165, 1.54) is 0 Å². The molecule has 0 heterocycles. The Kier molecular flexibility index (Phi) is 2.44. The lowest BCUT2D eigenvalue weighted by atomic mass is 10.1. The van der Waals surface area contributed by atoms with E-state index in [9.17, 15) is 0 Å². The molecule has 1 aromatic rings. The van der Waals surface area contributed by atoms with E-state index >= 15 is 0 Å². The number of hydrogen-bond donors (Lipinski definition) is 1. The predicted molar refractivity (Wildman–Crippen MR) is 47.5 cm³/mol. The minimum atomic E-state index is 0.265. The van der Waals surface area contributed by atoms with Gasteiger partial charge in [0.25, 0.3) is 0 Å². The number of amidine groups is 1. The van der Waals surface area contributed by atoms with E-state index in [0.29, 0.717) is 0 Å². The van der Waals surface area contributed by atoms with Crippen LogP contribution in [0.2, 0.25) is 0 Å². The molecule has 60 valence electrons. The van der Waals surface area contributed by atoms with Gasteiger partial charge in [-0.3, -0.25) is 0 Å². The third-order valence-electron chi connectivity index (χ3n) is 1.48. The van der Waals surface area contributed by atoms with E-state index in [2.05, 4.69) is 4.99 Å². The zero-order chi connectivity index (χ0) is 8.97. The summed E-state index contributed by atoms with van der Waals surface area (Å²) >= 11 is 0. The number of benzene rings is 1. The van der Waals surface area contributed by atoms with Crippen LogP contribution < -0.4 is 5.73 Å². The first-order chi connectivity index (χ1) is 5.74. The van der Waals surface area contributed by atoms with Crippen molar-refractivity contribution in [2.75, 3.05) is 0 Å². The summed E-state index contributed by atoms with van der Waals surface area (Å²) in [6.07, 6.45) is 1.65. The van der Waals surface area contributed by atoms with Crippen LogP contribution in [-0.4, -0.2) is 5.84 Å². The fourth-order valence-corrected chi connectivity index (χ4v) is 0.923. The number of nitriles is 1. The van der Waals surface area contributed by atoms with Gasteiger partial charge in [-0.05, 0) is 13.0 Å². The van der Waals surface area contributed by atoms with Crippen LogP contribution in [0.1, 0.15) is 11.1 Å². The van der Waals surface area contributed by atoms with E-state index in [1.807, 2.05) is 31.2 Å². The van der Waals surface area contributed by atoms with E-state index in [-0.39, 0.29) is 5.84 Å². The molecule has 0 atom stereocenters. The highest BCUT2D eigenvalue weighted by molar-refractivity contribution is 5.98. The molecule has 0 unspecified atom stereocenters. The van der Waals surface area contributed by atoms with E-state index in [1.54, 1.807) is 6.19 Å². The summed E-state index contributed by atoms with van der Waals surface area (Å²) < 4.78 is 0. The van der Waals surface area contributed by atoms with E-state index in [0.717, 1.165) is 11.1 Å². The van der Waals surface area contributed by atoms with Gasteiger partial charge in [0.15, 0.2) is 0 Å². The second-order valence-electron chi connectivity index (χ2n) is 2.47. The Bertz CT molecular complexity index is 347. The lowest BCUT2D eigenvalue weighted by Crippen LogP contribution is -2.12. The Morgan fingerprint density at radius 2 is 2.33 bits per heavy atom. The van der Waals surface area contributed by atoms with Gasteiger partial charge in [-0.25, -0.2) is 0 Å². The Morgan fingerprint density at radius 1 is 1.58 bits per heavy atom. The molecule has 0 aliphatic rings. The van der Waals surface area contributed by atoms with Gasteiger partial charge in [-0.1, -0.05) is 23.8 Å². The first-order valence-corrected chi connectivity index (χ1v) is 3.53. The molecule has 0 fully saturated rings. The highest BCUT2D eigenvalue weighted by Crippen LogP contribution is 2.02. The summed E-state index contributed by atoms with van der Waals surface area (Å²) in [6.45, 7) is 1.96. The van der Waals surface area contributed by atoms with Gasteiger partial charge in [0.1, 0.15) is 5.84 Å². The topological polar surface area (TPSA) is 62.2 Å². The standard InChI is InChI=1S/C9H9N3/c1-7-3-2-4-8(5-7)9(11)12-6-10/h2-5H,1H3,(H2,11,12). The number of nitrogens with zero attached hydrogens (tertiary/aromatic N) is 2. The van der Waals surface area contributed by atoms with Gasteiger partial charge < -0.3 is 5.73 Å². The molecule has 0 aliphatic heterocycles. The molecule has 0 spiro atoms. The van der Waals surface area contributed by atoms with Crippen LogP contribution in [0.25, 0.3) is 0 Å². The largest absolute Gasteiger partial charge is 0.383 e. The Hall–Kier alpha value is -1.82. The number of aliphatic imine (C=N–C) groups is 1. The molecule has 3 nitrogen and oxygen atoms in total. The van der Waals surface area contributed by atoms with Crippen molar-refractivity contribution in [3.8, 4) is 6.19 Å². The normalized spacial score (nSPS) is 10.8. The molecule has 1 rings (SSSR count). The van der Waals surface area contributed by atoms with Crippen LogP contribution in [0.5, 0.6) is 0 Å². The second-order valence-corrected chi connectivity index (χ2v) is 2.47. The fourth-order valence-electron chi connectivity index (χ4n) is 0.923. The smallest absolute Gasteiger partial charge is 0.207 e. The number of rotatable bonds is 1. The monoisotopic (exact) mass is 159 g/mol. The molecule has 0 aromatic heterocycles. The molecule has 0 amide bonds. The van der Waals surface area contributed by atoms with Crippen LogP contribution in [0.15, 0.2) is 29.3 Å². The SMILES string of the molecule is Cc1cccc(C(N)=NC#N)c1. The average Bonchev–Trinajstić information content (AvgIpc) is 2.05. The van der Waals surface area contributed by atoms with Crippen LogP contribution in [-0.2, 0) is 0 Å². The van der Waals surface area contributed by atoms with Crippen molar-refractivity contribution in [2.45, 2.75) is 6.92 Å². The molecule has 0 saturated carbocycles. The lowest BCUT2D eigenvalue weighted by molar-refractivity contribution is 1.39. The first-order valence-electron chi connectivity index (χ1n) is 3.53. The summed E-state index contributed by atoms with van der Waals surface area (Å²) in [4.78, 5) is 3.44. The third kappa shape index (κ3) is 1.83. The zero-order valence-corrected chi connectivity index (χ0v) is 6.78. The van der Waals surface area contributed by atoms with Gasteiger partial charge in [-0.15, -0.1) is 0 Å². The van der Waals surface area contributed by atoms with Crippen molar-refractivity contribution in [1.29, 1.82) is 5.26 Å². The molecular weight excluding hydrogens is 150 g/mol. The highest BCUT2D eigenvalue weighted by Gasteiger charge is 1.96. The fraction of sp³-hybridized carbons (Fsp3) is 0.111. The lowest BCUT2D eigenvalue weighted by Gasteiger charge is -1.98. The van der Waals surface area contributed by atoms with Crippen LogP contribution in [0.3, 0.4) is 0 Å². The maximum atomic E-state index is 8.25. The maximum absolute atomic E-state index is 8.25. The van der Waals surface area contributed by atoms with Crippen LogP contribution in [0, 0.1) is 18.4 Å². The maximum Gasteiger partial charge on any atom is 0.207 e. The molecule has 3 heteroatoms. The van der Waals surface area contributed by atoms with Gasteiger partial charge in [0, 0.05) is 5.56 Å². The third-order valence-corrected chi connectivity index (χ3v) is 1.48. The molecule has 0 radical (unpaired) electrons. The molecule has 0 bridgehead atoms. The van der Waals surface area contributed by atoms with Gasteiger partial charge >= 0.3 is 0 Å². The Morgan fingerprint density at radius 3 is 2.92 bits per heavy atom. The quantitative estimate of drug-likeness (QED) is 0.380. The molecule has 1 aromatic carbocycles. The molecule has 12 heavy (non-hydrogen) atoms. The van der Waals surface area contributed by atoms with Crippen molar-refractivity contribution >= 4 is 5.84 Å². The molecular formula is C9H9N3. The molecule has 0 saturated heterocycles. The van der Waals surface area contributed by atoms with Crippen molar-refractivity contribution in [2.24, 2.45) is 10.7 Å². The molecule has 2 N–H and O–H groups in total. The Labute approximate surface area is 71.2 Å². The minimum Gasteiger partial charge on any atom is -0.383 e. The summed E-state index contributed by atoms with van der Waals surface area (Å²) in [5.74, 6) is 0.265. The minimum absolute atomic E-state index is 0.265. The van der Waals surface area contributed by atoms with Crippen molar-refractivity contribution < 1.29 is 0 Å². The number of hydrogen-bond acceptors (Lipinski definition) is 2. The second kappa shape index (κ2) is 3.54. The first kappa shape index (κ1) is 8.28. The van der Waals surface area contributed by atoms with E-state index < -0.39 is 0 Å². The number of aryl methyl sites for hydroxylation is 1. The van der Waals surface area contributed by atoms with Gasteiger partial charge in [0.2, 0.25) is 6.19 Å². The van der Waals surface area contributed by atoms with Gasteiger partial charge in [0.05, 0.1) is 0 Å². The van der Waals surface area contributed by atoms with Crippen LogP contribution >= 0.6 is 0 Å². The average molecular weight is 159 g/mol. The van der Waals surface area contributed by atoms with E-state index in [4.69, 9.17) is 11.0 Å². The van der Waals surface area contributed by atoms with Crippen LogP contribution in [0.4, 0.5) is 0 Å². The predicted octanol–water partition coefficient (Wildman–Crippen LogP) is 1.18. The molecule has 0 aliphatic carbocycles.